The molecule has 0 aliphatic carbocycles. The molecule has 3 unspecified atom stereocenters. The van der Waals surface area contributed by atoms with E-state index in [-0.39, 0.29) is 0 Å². The zero-order valence-corrected chi connectivity index (χ0v) is 9.91. The quantitative estimate of drug-likeness (QED) is 0.662. The summed E-state index contributed by atoms with van der Waals surface area (Å²) in [5.74, 6) is 3.02. The van der Waals surface area contributed by atoms with Crippen LogP contribution in [-0.4, -0.2) is 15.8 Å². The lowest BCUT2D eigenvalue weighted by molar-refractivity contribution is 0.483. The van der Waals surface area contributed by atoms with Gasteiger partial charge in [-0.25, -0.2) is 0 Å². The third-order valence-electron chi connectivity index (χ3n) is 2.33. The van der Waals surface area contributed by atoms with Crippen LogP contribution < -0.4 is 0 Å². The average Bonchev–Trinajstić information content (AvgIpc) is 2.18. The molecule has 1 fully saturated rings. The second kappa shape index (κ2) is 4.18. The van der Waals surface area contributed by atoms with E-state index in [4.69, 9.17) is 0 Å². The van der Waals surface area contributed by atoms with Gasteiger partial charge in [0.25, 0.3) is 0 Å². The minimum absolute atomic E-state index is 0.760. The molecule has 0 aromatic rings. The van der Waals surface area contributed by atoms with E-state index in [1.165, 1.54) is 12.2 Å². The molecular weight excluding hydrogens is 220 g/mol. The molecule has 1 aliphatic rings. The summed E-state index contributed by atoms with van der Waals surface area (Å²) in [6.07, 6.45) is 1.38. The van der Waals surface area contributed by atoms with Gasteiger partial charge in [-0.3, -0.25) is 0 Å². The van der Waals surface area contributed by atoms with Gasteiger partial charge in [0.15, 0.2) is 0 Å². The van der Waals surface area contributed by atoms with Crippen LogP contribution in [0.25, 0.3) is 0 Å². The van der Waals surface area contributed by atoms with E-state index in [0.717, 1.165) is 21.9 Å². The molecule has 3 atom stereocenters. The summed E-state index contributed by atoms with van der Waals surface area (Å²) in [6, 6.07) is 0. The maximum absolute atomic E-state index is 3.71. The predicted molar refractivity (Wildman–Crippen MR) is 57.6 cm³/mol. The lowest BCUT2D eigenvalue weighted by atomic mass is 9.97. The Bertz CT molecular complexity index is 125. The van der Waals surface area contributed by atoms with Crippen molar-refractivity contribution in [3.8, 4) is 0 Å². The van der Waals surface area contributed by atoms with Gasteiger partial charge in [0.05, 0.1) is 0 Å². The van der Waals surface area contributed by atoms with Gasteiger partial charge in [0.2, 0.25) is 0 Å². The van der Waals surface area contributed by atoms with E-state index in [1.54, 1.807) is 0 Å². The molecule has 0 bridgehead atoms. The van der Waals surface area contributed by atoms with Crippen molar-refractivity contribution in [2.24, 2.45) is 11.8 Å². The Kier molecular flexibility index (Phi) is 3.76. The van der Waals surface area contributed by atoms with Crippen LogP contribution in [0.15, 0.2) is 0 Å². The van der Waals surface area contributed by atoms with E-state index in [9.17, 15) is 0 Å². The van der Waals surface area contributed by atoms with Crippen molar-refractivity contribution in [1.82, 2.24) is 0 Å². The minimum atomic E-state index is 0.760. The topological polar surface area (TPSA) is 0 Å². The highest BCUT2D eigenvalue weighted by atomic mass is 79.9. The molecule has 0 N–H and O–H groups in total. The molecular formula is C9H17BrS. The fourth-order valence-electron chi connectivity index (χ4n) is 1.50. The van der Waals surface area contributed by atoms with Gasteiger partial charge < -0.3 is 0 Å². The molecule has 1 heterocycles. The molecule has 0 spiro atoms. The van der Waals surface area contributed by atoms with Gasteiger partial charge in [-0.05, 0) is 18.3 Å². The highest BCUT2D eigenvalue weighted by Gasteiger charge is 2.31. The second-order valence-corrected chi connectivity index (χ2v) is 6.32. The SMILES string of the molecule is CC(C)CC1SCC(Br)C1C. The molecule has 2 heteroatoms. The van der Waals surface area contributed by atoms with Crippen molar-refractivity contribution in [2.45, 2.75) is 37.3 Å². The summed E-state index contributed by atoms with van der Waals surface area (Å²) in [4.78, 5) is 0.760. The molecule has 0 saturated carbocycles. The molecule has 1 rings (SSSR count). The maximum atomic E-state index is 3.71. The Morgan fingerprint density at radius 2 is 2.18 bits per heavy atom. The van der Waals surface area contributed by atoms with Crippen LogP contribution in [0.2, 0.25) is 0 Å². The van der Waals surface area contributed by atoms with Crippen molar-refractivity contribution in [3.05, 3.63) is 0 Å². The molecule has 1 saturated heterocycles. The molecule has 0 aromatic heterocycles. The van der Waals surface area contributed by atoms with Crippen molar-refractivity contribution >= 4 is 27.7 Å². The maximum Gasteiger partial charge on any atom is 0.0272 e. The molecule has 66 valence electrons. The first kappa shape index (κ1) is 9.91. The van der Waals surface area contributed by atoms with Gasteiger partial charge in [0, 0.05) is 15.8 Å². The summed E-state index contributed by atoms with van der Waals surface area (Å²) in [6.45, 7) is 7.00. The number of halogens is 1. The minimum Gasteiger partial charge on any atom is -0.157 e. The van der Waals surface area contributed by atoms with Crippen LogP contribution in [0.5, 0.6) is 0 Å². The summed E-state index contributed by atoms with van der Waals surface area (Å²) < 4.78 is 0. The van der Waals surface area contributed by atoms with E-state index < -0.39 is 0 Å². The van der Waals surface area contributed by atoms with E-state index in [1.807, 2.05) is 0 Å². The summed E-state index contributed by atoms with van der Waals surface area (Å²) >= 11 is 5.85. The smallest absolute Gasteiger partial charge is 0.0272 e. The van der Waals surface area contributed by atoms with Crippen LogP contribution in [0.3, 0.4) is 0 Å². The van der Waals surface area contributed by atoms with Gasteiger partial charge in [-0.1, -0.05) is 36.7 Å². The summed E-state index contributed by atoms with van der Waals surface area (Å²) in [5.41, 5.74) is 0. The first-order valence-electron chi connectivity index (χ1n) is 4.37. The Labute approximate surface area is 82.6 Å². The van der Waals surface area contributed by atoms with Crippen molar-refractivity contribution in [3.63, 3.8) is 0 Å². The van der Waals surface area contributed by atoms with Crippen LogP contribution >= 0.6 is 27.7 Å². The summed E-state index contributed by atoms with van der Waals surface area (Å²) in [7, 11) is 0. The molecule has 0 radical (unpaired) electrons. The number of hydrogen-bond acceptors (Lipinski definition) is 1. The molecule has 0 nitrogen and oxygen atoms in total. The highest BCUT2D eigenvalue weighted by Crippen LogP contribution is 2.39. The monoisotopic (exact) mass is 236 g/mol. The predicted octanol–water partition coefficient (Wildman–Crippen LogP) is 3.55. The third kappa shape index (κ3) is 2.66. The lowest BCUT2D eigenvalue weighted by Crippen LogP contribution is -2.16. The average molecular weight is 237 g/mol. The zero-order chi connectivity index (χ0) is 8.43. The Hall–Kier alpha value is 0.830. The fourth-order valence-corrected chi connectivity index (χ4v) is 4.28. The van der Waals surface area contributed by atoms with Crippen LogP contribution in [0.4, 0.5) is 0 Å². The van der Waals surface area contributed by atoms with Gasteiger partial charge in [0.1, 0.15) is 0 Å². The third-order valence-corrected chi connectivity index (χ3v) is 5.52. The number of alkyl halides is 1. The first-order valence-corrected chi connectivity index (χ1v) is 6.33. The Morgan fingerprint density at radius 1 is 1.55 bits per heavy atom. The fraction of sp³-hybridized carbons (Fsp3) is 1.00. The van der Waals surface area contributed by atoms with Crippen LogP contribution in [0.1, 0.15) is 27.2 Å². The van der Waals surface area contributed by atoms with Crippen molar-refractivity contribution in [1.29, 1.82) is 0 Å². The van der Waals surface area contributed by atoms with Crippen LogP contribution in [0, 0.1) is 11.8 Å². The van der Waals surface area contributed by atoms with E-state index >= 15 is 0 Å². The standard InChI is InChI=1S/C9H17BrS/c1-6(2)4-9-7(3)8(10)5-11-9/h6-9H,4-5H2,1-3H3. The molecule has 1 aliphatic heterocycles. The van der Waals surface area contributed by atoms with Crippen molar-refractivity contribution in [2.75, 3.05) is 5.75 Å². The van der Waals surface area contributed by atoms with E-state index in [2.05, 4.69) is 48.5 Å². The second-order valence-electron chi connectivity index (χ2n) is 3.88. The lowest BCUT2D eigenvalue weighted by Gasteiger charge is -2.17. The molecule has 0 aromatic carbocycles. The summed E-state index contributed by atoms with van der Waals surface area (Å²) in [5, 5.41) is 0.902. The van der Waals surface area contributed by atoms with Gasteiger partial charge in [-0.2, -0.15) is 11.8 Å². The normalized spacial score (nSPS) is 38.5. The zero-order valence-electron chi connectivity index (χ0n) is 7.51. The number of rotatable bonds is 2. The first-order chi connectivity index (χ1) is 5.11. The van der Waals surface area contributed by atoms with Gasteiger partial charge in [-0.15, -0.1) is 0 Å². The largest absolute Gasteiger partial charge is 0.157 e. The van der Waals surface area contributed by atoms with Gasteiger partial charge >= 0.3 is 0 Å². The highest BCUT2D eigenvalue weighted by molar-refractivity contribution is 9.09. The number of hydrogen-bond donors (Lipinski definition) is 0. The Balaban J connectivity index is 2.36. The van der Waals surface area contributed by atoms with Crippen molar-refractivity contribution < 1.29 is 0 Å². The van der Waals surface area contributed by atoms with E-state index in [0.29, 0.717) is 0 Å². The molecule has 0 amide bonds. The Morgan fingerprint density at radius 3 is 2.55 bits per heavy atom. The number of thioether (sulfide) groups is 1. The molecule has 11 heavy (non-hydrogen) atoms. The van der Waals surface area contributed by atoms with Crippen LogP contribution in [-0.2, 0) is 0 Å².